The predicted octanol–water partition coefficient (Wildman–Crippen LogP) is 5.10. The lowest BCUT2D eigenvalue weighted by atomic mass is 9.88. The molecular weight excluding hydrogens is 372 g/mol. The fourth-order valence-corrected chi connectivity index (χ4v) is 3.31. The Balaban J connectivity index is 4.03. The number of carbonyl (C=O) groups excluding carboxylic acids is 4. The smallest absolute Gasteiger partial charge is 0.306 e. The molecule has 0 N–H and O–H groups in total. The van der Waals surface area contributed by atoms with Gasteiger partial charge in [-0.2, -0.15) is 0 Å². The van der Waals surface area contributed by atoms with Gasteiger partial charge in [-0.3, -0.25) is 19.2 Å². The van der Waals surface area contributed by atoms with Crippen LogP contribution < -0.4 is 0 Å². The van der Waals surface area contributed by atoms with Gasteiger partial charge in [-0.25, -0.2) is 0 Å². The van der Waals surface area contributed by atoms with Crippen molar-refractivity contribution >= 4 is 23.5 Å². The maximum atomic E-state index is 12.5. The van der Waals surface area contributed by atoms with Crippen LogP contribution in [0.25, 0.3) is 0 Å². The van der Waals surface area contributed by atoms with Crippen LogP contribution in [0.5, 0.6) is 0 Å². The molecule has 0 saturated heterocycles. The molecule has 0 aliphatic heterocycles. The van der Waals surface area contributed by atoms with Crippen LogP contribution in [0.2, 0.25) is 0 Å². The number of hydrogen-bond donors (Lipinski definition) is 0. The zero-order valence-corrected chi connectivity index (χ0v) is 19.2. The van der Waals surface area contributed by atoms with Gasteiger partial charge in [-0.05, 0) is 46.0 Å². The Kier molecular flexibility index (Phi) is 12.7. The van der Waals surface area contributed by atoms with E-state index < -0.39 is 17.2 Å². The van der Waals surface area contributed by atoms with E-state index in [2.05, 4.69) is 0 Å². The minimum Gasteiger partial charge on any atom is -0.451 e. The van der Waals surface area contributed by atoms with Crippen molar-refractivity contribution < 1.29 is 28.7 Å². The number of ether oxygens (including phenoxy) is 2. The van der Waals surface area contributed by atoms with E-state index in [-0.39, 0.29) is 17.5 Å². The summed E-state index contributed by atoms with van der Waals surface area (Å²) in [7, 11) is 0. The van der Waals surface area contributed by atoms with Crippen LogP contribution in [0.1, 0.15) is 112 Å². The van der Waals surface area contributed by atoms with E-state index in [0.717, 1.165) is 38.5 Å². The summed E-state index contributed by atoms with van der Waals surface area (Å²) >= 11 is 0. The van der Waals surface area contributed by atoms with Crippen LogP contribution in [0, 0.1) is 0 Å². The first-order valence-corrected chi connectivity index (χ1v) is 11.0. The Labute approximate surface area is 176 Å². The lowest BCUT2D eigenvalue weighted by Gasteiger charge is -2.29. The standard InChI is InChI=1S/C23H40O6/c1-7-22(6,18(4)24)29-21(27)17-15-13-11-10-12-14-16-20(26)23(8-2,9-3)28-19(5)25/h7-17H2,1-6H3/t22-/m1/s1. The molecule has 1 atom stereocenters. The van der Waals surface area contributed by atoms with Crippen molar-refractivity contribution in [2.75, 3.05) is 0 Å². The van der Waals surface area contributed by atoms with Gasteiger partial charge in [-0.1, -0.05) is 46.5 Å². The van der Waals surface area contributed by atoms with Crippen molar-refractivity contribution in [2.24, 2.45) is 0 Å². The number of rotatable bonds is 16. The van der Waals surface area contributed by atoms with Crippen LogP contribution in [-0.2, 0) is 28.7 Å². The highest BCUT2D eigenvalue weighted by atomic mass is 16.6. The molecule has 0 aromatic rings. The van der Waals surface area contributed by atoms with Crippen molar-refractivity contribution in [1.29, 1.82) is 0 Å². The monoisotopic (exact) mass is 412 g/mol. The normalized spacial score (nSPS) is 13.4. The van der Waals surface area contributed by atoms with Gasteiger partial charge < -0.3 is 9.47 Å². The molecule has 0 saturated carbocycles. The largest absolute Gasteiger partial charge is 0.451 e. The first kappa shape index (κ1) is 27.3. The van der Waals surface area contributed by atoms with E-state index in [0.29, 0.717) is 32.1 Å². The third kappa shape index (κ3) is 9.55. The zero-order chi connectivity index (χ0) is 22.5. The zero-order valence-electron chi connectivity index (χ0n) is 19.2. The van der Waals surface area contributed by atoms with Crippen molar-refractivity contribution in [3.8, 4) is 0 Å². The lowest BCUT2D eigenvalue weighted by molar-refractivity contribution is -0.166. The molecule has 0 heterocycles. The number of hydrogen-bond acceptors (Lipinski definition) is 6. The van der Waals surface area contributed by atoms with Gasteiger partial charge in [-0.15, -0.1) is 0 Å². The Morgan fingerprint density at radius 3 is 1.59 bits per heavy atom. The summed E-state index contributed by atoms with van der Waals surface area (Å²) in [6, 6.07) is 0. The van der Waals surface area contributed by atoms with Crippen LogP contribution in [-0.4, -0.2) is 34.7 Å². The quantitative estimate of drug-likeness (QED) is 0.259. The molecule has 0 fully saturated rings. The molecule has 0 unspecified atom stereocenters. The number of esters is 2. The third-order valence-corrected chi connectivity index (χ3v) is 5.78. The Hall–Kier alpha value is -1.72. The first-order chi connectivity index (χ1) is 13.6. The topological polar surface area (TPSA) is 86.7 Å². The van der Waals surface area contributed by atoms with Crippen LogP contribution >= 0.6 is 0 Å². The van der Waals surface area contributed by atoms with E-state index in [1.165, 1.54) is 13.8 Å². The maximum Gasteiger partial charge on any atom is 0.306 e. The molecule has 0 aliphatic carbocycles. The van der Waals surface area contributed by atoms with Crippen molar-refractivity contribution in [3.63, 3.8) is 0 Å². The molecule has 0 aromatic carbocycles. The highest BCUT2D eigenvalue weighted by Crippen LogP contribution is 2.25. The molecule has 0 radical (unpaired) electrons. The number of Topliss-reactive ketones (excluding diaryl/α,β-unsaturated/α-hetero) is 2. The minimum atomic E-state index is -1.01. The van der Waals surface area contributed by atoms with Crippen molar-refractivity contribution in [3.05, 3.63) is 0 Å². The summed E-state index contributed by atoms with van der Waals surface area (Å²) in [5.41, 5.74) is -1.99. The van der Waals surface area contributed by atoms with Gasteiger partial charge in [0.05, 0.1) is 0 Å². The summed E-state index contributed by atoms with van der Waals surface area (Å²) < 4.78 is 10.7. The second kappa shape index (κ2) is 13.5. The second-order valence-electron chi connectivity index (χ2n) is 7.95. The maximum absolute atomic E-state index is 12.5. The highest BCUT2D eigenvalue weighted by molar-refractivity contribution is 5.89. The third-order valence-electron chi connectivity index (χ3n) is 5.78. The second-order valence-corrected chi connectivity index (χ2v) is 7.95. The van der Waals surface area contributed by atoms with Crippen molar-refractivity contribution in [1.82, 2.24) is 0 Å². The van der Waals surface area contributed by atoms with E-state index in [4.69, 9.17) is 9.47 Å². The average Bonchev–Trinajstić information content (AvgIpc) is 2.67. The molecule has 29 heavy (non-hydrogen) atoms. The highest BCUT2D eigenvalue weighted by Gasteiger charge is 2.37. The van der Waals surface area contributed by atoms with E-state index in [1.54, 1.807) is 6.92 Å². The molecule has 0 rings (SSSR count). The lowest BCUT2D eigenvalue weighted by Crippen LogP contribution is -2.41. The van der Waals surface area contributed by atoms with Gasteiger partial charge in [0, 0.05) is 19.8 Å². The molecule has 0 aromatic heterocycles. The predicted molar refractivity (Wildman–Crippen MR) is 112 cm³/mol. The van der Waals surface area contributed by atoms with E-state index in [9.17, 15) is 19.2 Å². The van der Waals surface area contributed by atoms with Crippen molar-refractivity contribution in [2.45, 2.75) is 123 Å². The van der Waals surface area contributed by atoms with Crippen LogP contribution in [0.15, 0.2) is 0 Å². The summed E-state index contributed by atoms with van der Waals surface area (Å²) in [5, 5.41) is 0. The minimum absolute atomic E-state index is 0.00453. The molecule has 0 spiro atoms. The fourth-order valence-electron chi connectivity index (χ4n) is 3.31. The molecule has 6 heteroatoms. The van der Waals surface area contributed by atoms with Gasteiger partial charge in [0.15, 0.2) is 22.8 Å². The summed E-state index contributed by atoms with van der Waals surface area (Å²) in [4.78, 5) is 47.3. The molecule has 0 aliphatic rings. The molecule has 0 bridgehead atoms. The number of carbonyl (C=O) groups is 4. The molecule has 6 nitrogen and oxygen atoms in total. The fraction of sp³-hybridized carbons (Fsp3) is 0.826. The molecule has 168 valence electrons. The molecular formula is C23H40O6. The molecule has 0 amide bonds. The summed E-state index contributed by atoms with van der Waals surface area (Å²) in [6.45, 7) is 10.0. The number of unbranched alkanes of at least 4 members (excludes halogenated alkanes) is 5. The number of ketones is 2. The van der Waals surface area contributed by atoms with E-state index >= 15 is 0 Å². The Morgan fingerprint density at radius 1 is 0.690 bits per heavy atom. The summed E-state index contributed by atoms with van der Waals surface area (Å²) in [6.07, 6.45) is 7.52. The first-order valence-electron chi connectivity index (χ1n) is 11.0. The van der Waals surface area contributed by atoms with Crippen LogP contribution in [0.4, 0.5) is 0 Å². The Morgan fingerprint density at radius 2 is 1.17 bits per heavy atom. The van der Waals surface area contributed by atoms with Crippen LogP contribution in [0.3, 0.4) is 0 Å². The Bertz CT molecular complexity index is 550. The van der Waals surface area contributed by atoms with Gasteiger partial charge in [0.1, 0.15) is 0 Å². The average molecular weight is 413 g/mol. The summed E-state index contributed by atoms with van der Waals surface area (Å²) in [5.74, 6) is -0.865. The van der Waals surface area contributed by atoms with E-state index in [1.807, 2.05) is 20.8 Å². The SMILES string of the molecule is CCC(CC)(OC(C)=O)C(=O)CCCCCCCCC(=O)O[C@](C)(CC)C(C)=O. The van der Waals surface area contributed by atoms with Gasteiger partial charge >= 0.3 is 11.9 Å². The van der Waals surface area contributed by atoms with Gasteiger partial charge in [0.2, 0.25) is 0 Å². The van der Waals surface area contributed by atoms with Gasteiger partial charge in [0.25, 0.3) is 0 Å².